The first kappa shape index (κ1) is 6.05. The number of guanidine groups is 1. The summed E-state index contributed by atoms with van der Waals surface area (Å²) < 4.78 is 2.91. The van der Waals surface area contributed by atoms with E-state index in [1.165, 1.54) is 6.19 Å². The van der Waals surface area contributed by atoms with Gasteiger partial charge < -0.3 is 5.73 Å². The zero-order valence-electron chi connectivity index (χ0n) is 3.35. The molecule has 7 heavy (non-hydrogen) atoms. The van der Waals surface area contributed by atoms with Crippen molar-refractivity contribution in [3.8, 4) is 6.19 Å². The summed E-state index contributed by atoms with van der Waals surface area (Å²) >= 11 is 4.78. The molecule has 0 aromatic carbocycles. The molecule has 0 unspecified atom stereocenters. The number of halogens is 1. The summed E-state index contributed by atoms with van der Waals surface area (Å²) in [6.07, 6.45) is 1.53. The third kappa shape index (κ3) is 2.86. The summed E-state index contributed by atoms with van der Waals surface area (Å²) in [5, 5.41) is 9.78. The van der Waals surface area contributed by atoms with Gasteiger partial charge in [-0.05, 0) is 0 Å². The quantitative estimate of drug-likeness (QED) is 0.195. The Morgan fingerprint density at radius 3 is 2.71 bits per heavy atom. The highest BCUT2D eigenvalue weighted by Gasteiger charge is 1.79. The first-order chi connectivity index (χ1) is 3.31. The topological polar surface area (TPSA) is 74.2 Å². The number of nitrogens with zero attached hydrogens (tertiary/aromatic N) is 2. The van der Waals surface area contributed by atoms with Gasteiger partial charge in [0.2, 0.25) is 5.96 Å². The van der Waals surface area contributed by atoms with Crippen molar-refractivity contribution in [2.24, 2.45) is 10.2 Å². The molecule has 0 aromatic rings. The van der Waals surface area contributed by atoms with Crippen LogP contribution in [0.15, 0.2) is 4.51 Å². The summed E-state index contributed by atoms with van der Waals surface area (Å²) in [4.78, 5) is 0. The number of hydrogen-bond donors (Lipinski definition) is 2. The molecule has 0 aliphatic heterocycles. The van der Waals surface area contributed by atoms with Gasteiger partial charge in [0.1, 0.15) is 0 Å². The van der Waals surface area contributed by atoms with Gasteiger partial charge in [-0.3, -0.25) is 5.32 Å². The predicted octanol–water partition coefficient (Wildman–Crippen LogP) is -0.474. The molecule has 5 heteroatoms. The second-order valence-electron chi connectivity index (χ2n) is 0.707. The van der Waals surface area contributed by atoms with E-state index >= 15 is 0 Å². The lowest BCUT2D eigenvalue weighted by molar-refractivity contribution is 1.23. The van der Waals surface area contributed by atoms with Gasteiger partial charge in [-0.15, -0.1) is 4.51 Å². The molecule has 3 N–H and O–H groups in total. The van der Waals surface area contributed by atoms with Crippen LogP contribution in [0.25, 0.3) is 0 Å². The van der Waals surface area contributed by atoms with Crippen molar-refractivity contribution in [3.05, 3.63) is 0 Å². The van der Waals surface area contributed by atoms with Crippen LogP contribution in [0.1, 0.15) is 0 Å². The van der Waals surface area contributed by atoms with Crippen LogP contribution in [-0.2, 0) is 0 Å². The fraction of sp³-hybridized carbons (Fsp3) is 0. The van der Waals surface area contributed by atoms with Crippen molar-refractivity contribution < 1.29 is 0 Å². The van der Waals surface area contributed by atoms with Gasteiger partial charge in [-0.2, -0.15) is 5.26 Å². The van der Waals surface area contributed by atoms with E-state index in [1.807, 2.05) is 5.32 Å². The van der Waals surface area contributed by atoms with Gasteiger partial charge in [0.25, 0.3) is 0 Å². The average Bonchev–Trinajstić information content (AvgIpc) is 1.68. The Morgan fingerprint density at radius 1 is 2.00 bits per heavy atom. The van der Waals surface area contributed by atoms with Crippen molar-refractivity contribution in [3.63, 3.8) is 0 Å². The van der Waals surface area contributed by atoms with Crippen molar-refractivity contribution in [1.82, 2.24) is 5.32 Å². The fourth-order valence-electron chi connectivity index (χ4n) is 0.0784. The lowest BCUT2D eigenvalue weighted by Gasteiger charge is -1.85. The molecule has 0 amide bonds. The predicted molar refractivity (Wildman–Crippen MR) is 26.2 cm³/mol. The van der Waals surface area contributed by atoms with Gasteiger partial charge in [0.15, 0.2) is 6.19 Å². The van der Waals surface area contributed by atoms with Gasteiger partial charge in [-0.1, -0.05) is 0 Å². The van der Waals surface area contributed by atoms with E-state index < -0.39 is 0 Å². The third-order valence-corrected chi connectivity index (χ3v) is 0.457. The summed E-state index contributed by atoms with van der Waals surface area (Å²) in [5.74, 6) is -0.0934. The maximum absolute atomic E-state index is 7.79. The second kappa shape index (κ2) is 3.25. The van der Waals surface area contributed by atoms with Crippen LogP contribution in [0.5, 0.6) is 0 Å². The van der Waals surface area contributed by atoms with E-state index in [-0.39, 0.29) is 5.96 Å². The van der Waals surface area contributed by atoms with Crippen LogP contribution in [0.4, 0.5) is 0 Å². The highest BCUT2D eigenvalue weighted by molar-refractivity contribution is 6.19. The monoisotopic (exact) mass is 118 g/mol. The molecule has 0 spiro atoms. The largest absolute Gasteiger partial charge is 0.368 e. The number of nitrogens with two attached hydrogens (primary N) is 1. The van der Waals surface area contributed by atoms with E-state index in [4.69, 9.17) is 22.8 Å². The SMILES string of the molecule is N#CNC(N)=NCl. The minimum atomic E-state index is -0.0934. The van der Waals surface area contributed by atoms with E-state index in [9.17, 15) is 0 Å². The second-order valence-corrected chi connectivity index (χ2v) is 0.876. The molecule has 0 saturated heterocycles. The Morgan fingerprint density at radius 2 is 2.57 bits per heavy atom. The van der Waals surface area contributed by atoms with Gasteiger partial charge in [0, 0.05) is 11.8 Å². The van der Waals surface area contributed by atoms with Crippen LogP contribution in [0.2, 0.25) is 0 Å². The lowest BCUT2D eigenvalue weighted by Crippen LogP contribution is -2.26. The Hall–Kier alpha value is -0.950. The highest BCUT2D eigenvalue weighted by Crippen LogP contribution is 1.69. The van der Waals surface area contributed by atoms with E-state index in [1.54, 1.807) is 0 Å². The van der Waals surface area contributed by atoms with Gasteiger partial charge >= 0.3 is 0 Å². The van der Waals surface area contributed by atoms with E-state index in [0.29, 0.717) is 0 Å². The van der Waals surface area contributed by atoms with Crippen molar-refractivity contribution in [1.29, 1.82) is 5.26 Å². The molecule has 0 aliphatic carbocycles. The van der Waals surface area contributed by atoms with E-state index in [0.717, 1.165) is 0 Å². The average molecular weight is 119 g/mol. The molecule has 0 aliphatic rings. The summed E-state index contributed by atoms with van der Waals surface area (Å²) in [5.41, 5.74) is 4.87. The minimum absolute atomic E-state index is 0.0934. The van der Waals surface area contributed by atoms with Crippen LogP contribution in [-0.4, -0.2) is 5.96 Å². The first-order valence-corrected chi connectivity index (χ1v) is 1.74. The molecular formula is C2H3ClN4. The molecule has 0 heterocycles. The summed E-state index contributed by atoms with van der Waals surface area (Å²) in [6, 6.07) is 0. The number of hydrogen-bond acceptors (Lipinski definition) is 2. The Balaban J connectivity index is 3.43. The lowest BCUT2D eigenvalue weighted by atomic mass is 11.0. The van der Waals surface area contributed by atoms with Gasteiger partial charge in [0.05, 0.1) is 0 Å². The minimum Gasteiger partial charge on any atom is -0.368 e. The molecule has 0 fully saturated rings. The smallest absolute Gasteiger partial charge is 0.219 e. The maximum Gasteiger partial charge on any atom is 0.219 e. The normalized spacial score (nSPS) is 10.0. The highest BCUT2D eigenvalue weighted by atomic mass is 35.5. The molecule has 38 valence electrons. The summed E-state index contributed by atoms with van der Waals surface area (Å²) in [6.45, 7) is 0. The van der Waals surface area contributed by atoms with Crippen molar-refractivity contribution >= 4 is 17.7 Å². The zero-order chi connectivity index (χ0) is 5.70. The molecular weight excluding hydrogens is 116 g/mol. The molecule has 0 bridgehead atoms. The number of nitrogens with one attached hydrogen (secondary N) is 1. The summed E-state index contributed by atoms with van der Waals surface area (Å²) in [7, 11) is 0. The Bertz CT molecular complexity index is 111. The van der Waals surface area contributed by atoms with E-state index in [2.05, 4.69) is 4.51 Å². The molecule has 0 radical (unpaired) electrons. The third-order valence-electron chi connectivity index (χ3n) is 0.275. The molecule has 0 atom stereocenters. The molecule has 0 aromatic heterocycles. The first-order valence-electron chi connectivity index (χ1n) is 1.40. The molecule has 0 rings (SSSR count). The van der Waals surface area contributed by atoms with Crippen LogP contribution >= 0.6 is 11.8 Å². The number of nitriles is 1. The molecule has 4 nitrogen and oxygen atoms in total. The Kier molecular flexibility index (Phi) is 2.81. The maximum atomic E-state index is 7.79. The Labute approximate surface area is 45.7 Å². The van der Waals surface area contributed by atoms with Crippen molar-refractivity contribution in [2.45, 2.75) is 0 Å². The zero-order valence-corrected chi connectivity index (χ0v) is 4.11. The van der Waals surface area contributed by atoms with Gasteiger partial charge in [-0.25, -0.2) is 0 Å². The molecule has 0 saturated carbocycles. The fourth-order valence-corrected chi connectivity index (χ4v) is 0.121. The van der Waals surface area contributed by atoms with Crippen LogP contribution in [0.3, 0.4) is 0 Å². The van der Waals surface area contributed by atoms with Crippen LogP contribution < -0.4 is 11.1 Å². The van der Waals surface area contributed by atoms with Crippen molar-refractivity contribution in [2.75, 3.05) is 0 Å². The standard InChI is InChI=1S/C2H3ClN4/c3-7-2(5)6-1-4/h(H3,5,6,7). The number of rotatable bonds is 0. The van der Waals surface area contributed by atoms with Crippen LogP contribution in [0, 0.1) is 11.5 Å².